The molecule has 2 aromatic heterocycles. The molecule has 0 aliphatic rings. The largest absolute Gasteiger partial charge is 0.450 e. The van der Waals surface area contributed by atoms with Crippen molar-refractivity contribution in [2.45, 2.75) is 29.4 Å². The number of alkyl carbamates (subject to hydrolysis) is 1. The summed E-state index contributed by atoms with van der Waals surface area (Å²) < 4.78 is 10.8. The molecule has 0 radical (unpaired) electrons. The Morgan fingerprint density at radius 2 is 1.91 bits per heavy atom. The first-order chi connectivity index (χ1) is 17.1. The molecular weight excluding hydrogens is 464 g/mol. The first-order valence-corrected chi connectivity index (χ1v) is 11.9. The summed E-state index contributed by atoms with van der Waals surface area (Å²) in [5.41, 5.74) is 4.17. The molecule has 0 spiro atoms. The van der Waals surface area contributed by atoms with E-state index in [1.807, 2.05) is 66.7 Å². The molecule has 0 aliphatic heterocycles. The van der Waals surface area contributed by atoms with Crippen LogP contribution in [-0.2, 0) is 9.53 Å². The number of hydrogen-bond donors (Lipinski definition) is 2. The first kappa shape index (κ1) is 24.0. The SMILES string of the molecule is CCOC(=O)N[C@H](CC(=O)N/N=C\c1ccc(Sc2cccc3cccnc23)o1)c1ccccc1. The smallest absolute Gasteiger partial charge is 0.407 e. The van der Waals surface area contributed by atoms with Crippen LogP contribution in [0, 0.1) is 0 Å². The van der Waals surface area contributed by atoms with E-state index in [2.05, 4.69) is 20.8 Å². The molecule has 9 heteroatoms. The minimum atomic E-state index is -0.584. The number of hydrogen-bond acceptors (Lipinski definition) is 7. The average Bonchev–Trinajstić information content (AvgIpc) is 3.31. The van der Waals surface area contributed by atoms with Crippen LogP contribution < -0.4 is 10.7 Å². The van der Waals surface area contributed by atoms with Gasteiger partial charge in [0.15, 0.2) is 5.09 Å². The van der Waals surface area contributed by atoms with Crippen molar-refractivity contribution in [1.82, 2.24) is 15.7 Å². The maximum Gasteiger partial charge on any atom is 0.407 e. The zero-order valence-corrected chi connectivity index (χ0v) is 19.8. The summed E-state index contributed by atoms with van der Waals surface area (Å²) in [4.78, 5) is 29.8. The third kappa shape index (κ3) is 6.70. The lowest BCUT2D eigenvalue weighted by atomic mass is 10.0. The van der Waals surface area contributed by atoms with Gasteiger partial charge in [0.25, 0.3) is 0 Å². The number of benzene rings is 2. The van der Waals surface area contributed by atoms with Gasteiger partial charge in [-0.15, -0.1) is 0 Å². The predicted octanol–water partition coefficient (Wildman–Crippen LogP) is 5.31. The summed E-state index contributed by atoms with van der Waals surface area (Å²) in [5, 5.41) is 8.44. The zero-order chi connectivity index (χ0) is 24.5. The highest BCUT2D eigenvalue weighted by molar-refractivity contribution is 7.99. The number of ether oxygens (including phenoxy) is 1. The number of amides is 2. The van der Waals surface area contributed by atoms with Gasteiger partial charge in [0.1, 0.15) is 5.76 Å². The number of rotatable bonds is 9. The van der Waals surface area contributed by atoms with E-state index in [4.69, 9.17) is 9.15 Å². The number of para-hydroxylation sites is 1. The van der Waals surface area contributed by atoms with Crippen LogP contribution in [0.4, 0.5) is 4.79 Å². The van der Waals surface area contributed by atoms with Gasteiger partial charge in [-0.05, 0) is 48.5 Å². The summed E-state index contributed by atoms with van der Waals surface area (Å²) in [7, 11) is 0. The number of nitrogens with zero attached hydrogens (tertiary/aromatic N) is 2. The van der Waals surface area contributed by atoms with Crippen LogP contribution >= 0.6 is 11.8 Å². The molecule has 178 valence electrons. The van der Waals surface area contributed by atoms with Gasteiger partial charge in [0.05, 0.1) is 30.8 Å². The van der Waals surface area contributed by atoms with Gasteiger partial charge in [0, 0.05) is 16.5 Å². The number of carbonyl (C=O) groups is 2. The number of aromatic nitrogens is 1. The highest BCUT2D eigenvalue weighted by atomic mass is 32.2. The van der Waals surface area contributed by atoms with Crippen LogP contribution in [0.5, 0.6) is 0 Å². The van der Waals surface area contributed by atoms with Gasteiger partial charge in [-0.25, -0.2) is 10.2 Å². The lowest BCUT2D eigenvalue weighted by Crippen LogP contribution is -2.33. The normalized spacial score (nSPS) is 11.9. The Hall–Kier alpha value is -4.11. The van der Waals surface area contributed by atoms with Crippen molar-refractivity contribution >= 4 is 40.9 Å². The van der Waals surface area contributed by atoms with E-state index < -0.39 is 12.1 Å². The molecule has 0 bridgehead atoms. The fraction of sp³-hybridized carbons (Fsp3) is 0.154. The maximum atomic E-state index is 12.5. The van der Waals surface area contributed by atoms with E-state index in [1.54, 1.807) is 19.2 Å². The molecule has 2 aromatic carbocycles. The average molecular weight is 489 g/mol. The van der Waals surface area contributed by atoms with E-state index in [-0.39, 0.29) is 18.9 Å². The summed E-state index contributed by atoms with van der Waals surface area (Å²) in [6, 6.07) is 22.2. The molecule has 2 N–H and O–H groups in total. The Kier molecular flexibility index (Phi) is 8.13. The lowest BCUT2D eigenvalue weighted by Gasteiger charge is -2.17. The minimum absolute atomic E-state index is 0.00644. The number of nitrogens with one attached hydrogen (secondary N) is 2. The summed E-state index contributed by atoms with van der Waals surface area (Å²) in [6.45, 7) is 1.96. The van der Waals surface area contributed by atoms with E-state index in [0.717, 1.165) is 21.4 Å². The molecule has 2 amide bonds. The van der Waals surface area contributed by atoms with Crippen LogP contribution in [0.25, 0.3) is 10.9 Å². The Bertz CT molecular complexity index is 1320. The van der Waals surface area contributed by atoms with Crippen LogP contribution in [0.15, 0.2) is 98.5 Å². The molecule has 0 unspecified atom stereocenters. The van der Waals surface area contributed by atoms with Gasteiger partial charge < -0.3 is 14.5 Å². The highest BCUT2D eigenvalue weighted by Crippen LogP contribution is 2.33. The molecule has 0 aliphatic carbocycles. The first-order valence-electron chi connectivity index (χ1n) is 11.0. The van der Waals surface area contributed by atoms with E-state index >= 15 is 0 Å². The standard InChI is InChI=1S/C26H24N4O4S/c1-2-33-26(32)29-21(18-8-4-3-5-9-18)16-23(31)30-28-17-20-13-14-24(34-20)35-22-12-6-10-19-11-7-15-27-25(19)22/h3-15,17,21H,2,16H2,1H3,(H,29,32)(H,30,31)/b28-17-/t21-/m1/s1. The predicted molar refractivity (Wildman–Crippen MR) is 134 cm³/mol. The van der Waals surface area contributed by atoms with E-state index in [9.17, 15) is 9.59 Å². The van der Waals surface area contributed by atoms with Gasteiger partial charge >= 0.3 is 6.09 Å². The van der Waals surface area contributed by atoms with Crippen LogP contribution in [0.2, 0.25) is 0 Å². The van der Waals surface area contributed by atoms with Crippen molar-refractivity contribution in [3.63, 3.8) is 0 Å². The van der Waals surface area contributed by atoms with E-state index in [0.29, 0.717) is 10.9 Å². The Morgan fingerprint density at radius 3 is 2.74 bits per heavy atom. The monoisotopic (exact) mass is 488 g/mol. The molecular formula is C26H24N4O4S. The van der Waals surface area contributed by atoms with Gasteiger partial charge in [0.2, 0.25) is 5.91 Å². The molecule has 1 atom stereocenters. The van der Waals surface area contributed by atoms with Crippen LogP contribution in [0.1, 0.15) is 30.7 Å². The highest BCUT2D eigenvalue weighted by Gasteiger charge is 2.18. The van der Waals surface area contributed by atoms with Crippen molar-refractivity contribution in [1.29, 1.82) is 0 Å². The second-order valence-corrected chi connectivity index (χ2v) is 8.46. The molecule has 2 heterocycles. The molecule has 4 rings (SSSR count). The second kappa shape index (κ2) is 11.8. The van der Waals surface area contributed by atoms with Crippen molar-refractivity contribution in [3.8, 4) is 0 Å². The quantitative estimate of drug-likeness (QED) is 0.244. The Balaban J connectivity index is 1.35. The fourth-order valence-electron chi connectivity index (χ4n) is 3.38. The second-order valence-electron chi connectivity index (χ2n) is 7.42. The fourth-order valence-corrected chi connectivity index (χ4v) is 4.28. The summed E-state index contributed by atoms with van der Waals surface area (Å²) in [6.07, 6.45) is 2.60. The number of furan rings is 1. The summed E-state index contributed by atoms with van der Waals surface area (Å²) >= 11 is 1.46. The lowest BCUT2D eigenvalue weighted by molar-refractivity contribution is -0.121. The van der Waals surface area contributed by atoms with E-state index in [1.165, 1.54) is 18.0 Å². The Labute approximate surface area is 206 Å². The minimum Gasteiger partial charge on any atom is -0.450 e. The molecule has 0 saturated carbocycles. The number of pyridine rings is 1. The molecule has 0 saturated heterocycles. The topological polar surface area (TPSA) is 106 Å². The van der Waals surface area contributed by atoms with Crippen molar-refractivity contribution in [3.05, 3.63) is 90.3 Å². The zero-order valence-electron chi connectivity index (χ0n) is 19.0. The maximum absolute atomic E-state index is 12.5. The number of fused-ring (bicyclic) bond motifs is 1. The molecule has 35 heavy (non-hydrogen) atoms. The third-order valence-corrected chi connectivity index (χ3v) is 5.92. The number of hydrazone groups is 1. The van der Waals surface area contributed by atoms with Crippen molar-refractivity contribution < 1.29 is 18.7 Å². The van der Waals surface area contributed by atoms with Crippen LogP contribution in [0.3, 0.4) is 0 Å². The van der Waals surface area contributed by atoms with Gasteiger partial charge in [-0.1, -0.05) is 48.5 Å². The third-order valence-electron chi connectivity index (χ3n) is 4.95. The van der Waals surface area contributed by atoms with Crippen molar-refractivity contribution in [2.75, 3.05) is 6.61 Å². The number of carbonyl (C=O) groups excluding carboxylic acids is 2. The van der Waals surface area contributed by atoms with Gasteiger partial charge in [-0.2, -0.15) is 5.10 Å². The van der Waals surface area contributed by atoms with Crippen molar-refractivity contribution in [2.24, 2.45) is 5.10 Å². The Morgan fingerprint density at radius 1 is 1.09 bits per heavy atom. The summed E-state index contributed by atoms with van der Waals surface area (Å²) in [5.74, 6) is 0.125. The van der Waals surface area contributed by atoms with Crippen LogP contribution in [-0.4, -0.2) is 29.8 Å². The molecule has 0 fully saturated rings. The van der Waals surface area contributed by atoms with Gasteiger partial charge in [-0.3, -0.25) is 9.78 Å². The molecule has 4 aromatic rings. The molecule has 8 nitrogen and oxygen atoms in total.